The molecule has 2 aromatic heterocycles. The number of nitrogens with zero attached hydrogens (tertiary/aromatic N) is 4. The number of nitrogens with one attached hydrogen (secondary N) is 2. The molecule has 5 heterocycles. The van der Waals surface area contributed by atoms with Gasteiger partial charge in [0.25, 0.3) is 5.91 Å². The molecule has 35 heavy (non-hydrogen) atoms. The summed E-state index contributed by atoms with van der Waals surface area (Å²) in [6, 6.07) is 10.2. The van der Waals surface area contributed by atoms with Crippen molar-refractivity contribution in [1.29, 1.82) is 0 Å². The third-order valence-electron chi connectivity index (χ3n) is 9.04. The Labute approximate surface area is 206 Å². The maximum atomic E-state index is 13.5. The van der Waals surface area contributed by atoms with Gasteiger partial charge in [-0.05, 0) is 87.0 Å². The second-order valence-electron chi connectivity index (χ2n) is 12.0. The Kier molecular flexibility index (Phi) is 4.48. The maximum absolute atomic E-state index is 13.5. The molecule has 8 heteroatoms. The topological polar surface area (TPSA) is 93.6 Å². The minimum absolute atomic E-state index is 0.0133. The molecule has 184 valence electrons. The summed E-state index contributed by atoms with van der Waals surface area (Å²) in [6.45, 7) is 6.77. The number of hydrogen-bond donors (Lipinski definition) is 3. The summed E-state index contributed by atoms with van der Waals surface area (Å²) in [5, 5.41) is 16.0. The minimum Gasteiger partial charge on any atom is -0.394 e. The number of aromatic nitrogens is 2. The lowest BCUT2D eigenvalue weighted by molar-refractivity contribution is 0.102. The first-order valence-corrected chi connectivity index (χ1v) is 13.1. The molecule has 2 unspecified atom stereocenters. The van der Waals surface area contributed by atoms with Gasteiger partial charge in [0.15, 0.2) is 0 Å². The van der Waals surface area contributed by atoms with Crippen LogP contribution in [0.4, 0.5) is 23.3 Å². The van der Waals surface area contributed by atoms with Crippen LogP contribution in [-0.4, -0.2) is 58.8 Å². The summed E-state index contributed by atoms with van der Waals surface area (Å²) in [6.07, 6.45) is 4.96. The zero-order chi connectivity index (χ0) is 23.9. The van der Waals surface area contributed by atoms with Crippen molar-refractivity contribution in [3.05, 3.63) is 35.9 Å². The molecule has 8 rings (SSSR count). The number of carbonyl (C=O) groups excluding carboxylic acids is 1. The lowest BCUT2D eigenvalue weighted by Crippen LogP contribution is -2.38. The number of piperidine rings is 2. The lowest BCUT2D eigenvalue weighted by Gasteiger charge is -2.34. The third-order valence-corrected chi connectivity index (χ3v) is 9.04. The van der Waals surface area contributed by atoms with Crippen LogP contribution < -0.4 is 20.4 Å². The van der Waals surface area contributed by atoms with Crippen molar-refractivity contribution < 1.29 is 9.90 Å². The van der Waals surface area contributed by atoms with Crippen LogP contribution >= 0.6 is 0 Å². The summed E-state index contributed by atoms with van der Waals surface area (Å²) in [5.41, 5.74) is 0.593. The van der Waals surface area contributed by atoms with Crippen molar-refractivity contribution in [3.63, 3.8) is 0 Å². The number of aliphatic hydroxyl groups is 1. The SMILES string of the molecule is CC(C)(CO)Nc1ccc(C(=O)Nc2cccc(N3C[C@H]4C5C3[C@H]54)n2)c(N2CCC3(CC2)CC3)n1. The Morgan fingerprint density at radius 2 is 1.86 bits per heavy atom. The van der Waals surface area contributed by atoms with Crippen molar-refractivity contribution in [2.45, 2.75) is 51.1 Å². The van der Waals surface area contributed by atoms with Crippen LogP contribution in [0, 0.1) is 23.2 Å². The van der Waals surface area contributed by atoms with Gasteiger partial charge in [-0.25, -0.2) is 9.97 Å². The van der Waals surface area contributed by atoms with Crippen LogP contribution in [-0.2, 0) is 0 Å². The van der Waals surface area contributed by atoms with E-state index in [9.17, 15) is 9.90 Å². The van der Waals surface area contributed by atoms with E-state index in [1.807, 2.05) is 44.2 Å². The van der Waals surface area contributed by atoms with Crippen LogP contribution in [0.15, 0.2) is 30.3 Å². The fraction of sp³-hybridized carbons (Fsp3) is 0.593. The summed E-state index contributed by atoms with van der Waals surface area (Å²) in [7, 11) is 0. The predicted octanol–water partition coefficient (Wildman–Crippen LogP) is 3.36. The lowest BCUT2D eigenvalue weighted by atomic mass is 9.93. The zero-order valence-corrected chi connectivity index (χ0v) is 20.5. The molecule has 3 aliphatic carbocycles. The van der Waals surface area contributed by atoms with Crippen molar-refractivity contribution in [1.82, 2.24) is 9.97 Å². The van der Waals surface area contributed by atoms with Crippen LogP contribution in [0.2, 0.25) is 0 Å². The Bertz CT molecular complexity index is 1170. The van der Waals surface area contributed by atoms with Gasteiger partial charge in [-0.2, -0.15) is 0 Å². The first-order chi connectivity index (χ1) is 16.9. The molecule has 0 radical (unpaired) electrons. The Hall–Kier alpha value is -2.87. The van der Waals surface area contributed by atoms with Gasteiger partial charge in [0.05, 0.1) is 17.7 Å². The fourth-order valence-corrected chi connectivity index (χ4v) is 6.41. The number of rotatable bonds is 7. The van der Waals surface area contributed by atoms with E-state index in [1.165, 1.54) is 12.8 Å². The monoisotopic (exact) mass is 474 g/mol. The first-order valence-electron chi connectivity index (χ1n) is 13.1. The molecule has 4 atom stereocenters. The highest BCUT2D eigenvalue weighted by Crippen LogP contribution is 2.75. The van der Waals surface area contributed by atoms with E-state index in [-0.39, 0.29) is 12.5 Å². The van der Waals surface area contributed by atoms with E-state index in [0.29, 0.717) is 34.5 Å². The molecule has 3 N–H and O–H groups in total. The molecule has 6 aliphatic rings. The van der Waals surface area contributed by atoms with E-state index < -0.39 is 5.54 Å². The number of carbonyl (C=O) groups is 1. The summed E-state index contributed by atoms with van der Waals surface area (Å²) >= 11 is 0. The van der Waals surface area contributed by atoms with E-state index in [4.69, 9.17) is 9.97 Å². The maximum Gasteiger partial charge on any atom is 0.260 e. The van der Waals surface area contributed by atoms with E-state index in [0.717, 1.165) is 56.0 Å². The molecule has 0 aromatic carbocycles. The largest absolute Gasteiger partial charge is 0.394 e. The second kappa shape index (κ2) is 7.32. The van der Waals surface area contributed by atoms with E-state index >= 15 is 0 Å². The van der Waals surface area contributed by atoms with Crippen LogP contribution in [0.5, 0.6) is 0 Å². The van der Waals surface area contributed by atoms with Crippen molar-refractivity contribution in [2.24, 2.45) is 23.2 Å². The fourth-order valence-electron chi connectivity index (χ4n) is 6.41. The first kappa shape index (κ1) is 21.4. The molecule has 1 spiro atoms. The molecule has 3 saturated heterocycles. The summed E-state index contributed by atoms with van der Waals surface area (Å²) in [4.78, 5) is 27.8. The molecule has 8 nitrogen and oxygen atoms in total. The van der Waals surface area contributed by atoms with Gasteiger partial charge in [0.2, 0.25) is 0 Å². The van der Waals surface area contributed by atoms with E-state index in [2.05, 4.69) is 20.4 Å². The Morgan fingerprint density at radius 3 is 2.51 bits per heavy atom. The zero-order valence-electron chi connectivity index (χ0n) is 20.5. The van der Waals surface area contributed by atoms with E-state index in [1.54, 1.807) is 0 Å². The number of hydrogen-bond acceptors (Lipinski definition) is 7. The molecular formula is C27H34N6O2. The quantitative estimate of drug-likeness (QED) is 0.567. The average molecular weight is 475 g/mol. The number of pyridine rings is 2. The highest BCUT2D eigenvalue weighted by molar-refractivity contribution is 6.07. The molecule has 3 saturated carbocycles. The third kappa shape index (κ3) is 3.64. The van der Waals surface area contributed by atoms with Gasteiger partial charge in [-0.1, -0.05) is 6.07 Å². The highest BCUT2D eigenvalue weighted by atomic mass is 16.3. The predicted molar refractivity (Wildman–Crippen MR) is 136 cm³/mol. The summed E-state index contributed by atoms with van der Waals surface area (Å²) < 4.78 is 0. The van der Waals surface area contributed by atoms with Crippen molar-refractivity contribution in [3.8, 4) is 0 Å². The number of anilines is 4. The molecule has 3 aliphatic heterocycles. The van der Waals surface area contributed by atoms with Gasteiger partial charge in [-0.15, -0.1) is 0 Å². The minimum atomic E-state index is -0.504. The van der Waals surface area contributed by atoms with Gasteiger partial charge in [-0.3, -0.25) is 4.79 Å². The standard InChI is InChI=1S/C27H34N6O2/c1-26(2,15-34)31-19-7-6-16(24(29-19)32-12-10-27(8-9-27)11-13-32)25(35)30-18-4-3-5-20(28-18)33-14-17-21-22(17)23(21)33/h3-7,17,21-23,34H,8-15H2,1-2H3,(H,29,31)(H,28,30,35)/t17-,21+,22?,23?/m1/s1. The van der Waals surface area contributed by atoms with Gasteiger partial charge in [0, 0.05) is 25.7 Å². The number of fused-ring (bicyclic) bond motifs is 1. The highest BCUT2D eigenvalue weighted by Gasteiger charge is 2.80. The van der Waals surface area contributed by atoms with Crippen molar-refractivity contribution >= 4 is 29.2 Å². The molecular weight excluding hydrogens is 440 g/mol. The Morgan fingerprint density at radius 1 is 1.09 bits per heavy atom. The van der Waals surface area contributed by atoms with Crippen LogP contribution in [0.1, 0.15) is 49.9 Å². The van der Waals surface area contributed by atoms with Gasteiger partial charge < -0.3 is 25.5 Å². The Balaban J connectivity index is 1.13. The van der Waals surface area contributed by atoms with Gasteiger partial charge >= 0.3 is 0 Å². The molecule has 6 fully saturated rings. The smallest absolute Gasteiger partial charge is 0.260 e. The van der Waals surface area contributed by atoms with Crippen LogP contribution in [0.25, 0.3) is 0 Å². The molecule has 2 aromatic rings. The normalized spacial score (nSPS) is 29.1. The number of aliphatic hydroxyl groups excluding tert-OH is 1. The second-order valence-corrected chi connectivity index (χ2v) is 12.0. The number of amides is 1. The van der Waals surface area contributed by atoms with Gasteiger partial charge in [0.1, 0.15) is 23.3 Å². The van der Waals surface area contributed by atoms with Crippen LogP contribution in [0.3, 0.4) is 0 Å². The molecule has 1 amide bonds. The summed E-state index contributed by atoms with van der Waals surface area (Å²) in [5.74, 6) is 5.43. The van der Waals surface area contributed by atoms with Crippen molar-refractivity contribution in [2.75, 3.05) is 46.7 Å². The average Bonchev–Trinajstić information content (AvgIpc) is 3.81. The molecule has 2 bridgehead atoms.